The minimum Gasteiger partial charge on any atom is -0.488 e. The summed E-state index contributed by atoms with van der Waals surface area (Å²) in [6.07, 6.45) is 0. The molecule has 0 spiro atoms. The van der Waals surface area contributed by atoms with Gasteiger partial charge in [-0.15, -0.1) is 0 Å². The lowest BCUT2D eigenvalue weighted by Crippen LogP contribution is -2.09. The second-order valence-electron chi connectivity index (χ2n) is 2.95. The SMILES string of the molecule is C=C(COc1ccc(C#N)cc1I)C(=O)O. The maximum atomic E-state index is 10.5. The van der Waals surface area contributed by atoms with Crippen molar-refractivity contribution in [2.24, 2.45) is 0 Å². The molecule has 0 saturated carbocycles. The Bertz CT molecular complexity index is 477. The van der Waals surface area contributed by atoms with Crippen molar-refractivity contribution in [1.29, 1.82) is 5.26 Å². The molecule has 1 aromatic rings. The molecule has 0 aromatic heterocycles. The first kappa shape index (κ1) is 12.5. The number of halogens is 1. The van der Waals surface area contributed by atoms with E-state index in [-0.39, 0.29) is 12.2 Å². The second-order valence-corrected chi connectivity index (χ2v) is 4.12. The van der Waals surface area contributed by atoms with Gasteiger partial charge in [0.25, 0.3) is 0 Å². The summed E-state index contributed by atoms with van der Waals surface area (Å²) in [4.78, 5) is 10.5. The second kappa shape index (κ2) is 5.51. The number of hydrogen-bond acceptors (Lipinski definition) is 3. The molecule has 82 valence electrons. The van der Waals surface area contributed by atoms with E-state index >= 15 is 0 Å². The highest BCUT2D eigenvalue weighted by Gasteiger charge is 2.07. The number of rotatable bonds is 4. The molecule has 0 radical (unpaired) electrons. The van der Waals surface area contributed by atoms with Crippen LogP contribution in [-0.4, -0.2) is 17.7 Å². The van der Waals surface area contributed by atoms with Crippen molar-refractivity contribution in [2.45, 2.75) is 0 Å². The lowest BCUT2D eigenvalue weighted by atomic mass is 10.2. The van der Waals surface area contributed by atoms with Gasteiger partial charge in [0.1, 0.15) is 12.4 Å². The number of carbonyl (C=O) groups is 1. The number of carboxylic acid groups (broad SMARTS) is 1. The molecule has 0 amide bonds. The summed E-state index contributed by atoms with van der Waals surface area (Å²) in [5, 5.41) is 17.2. The van der Waals surface area contributed by atoms with E-state index in [9.17, 15) is 4.79 Å². The zero-order chi connectivity index (χ0) is 12.1. The smallest absolute Gasteiger partial charge is 0.334 e. The standard InChI is InChI=1S/C11H8INO3/c1-7(11(14)15)6-16-10-3-2-8(5-13)4-9(10)12/h2-4H,1,6H2,(H,14,15). The minimum atomic E-state index is -1.08. The molecular formula is C11H8INO3. The zero-order valence-corrected chi connectivity index (χ0v) is 10.4. The molecule has 1 rings (SSSR count). The first-order valence-corrected chi connectivity index (χ1v) is 5.36. The number of hydrogen-bond donors (Lipinski definition) is 1. The van der Waals surface area contributed by atoms with E-state index in [2.05, 4.69) is 6.58 Å². The van der Waals surface area contributed by atoms with Crippen LogP contribution in [0.1, 0.15) is 5.56 Å². The van der Waals surface area contributed by atoms with Gasteiger partial charge in [0.2, 0.25) is 0 Å². The van der Waals surface area contributed by atoms with Crippen LogP contribution in [0.5, 0.6) is 5.75 Å². The Hall–Kier alpha value is -1.55. The molecule has 0 bridgehead atoms. The van der Waals surface area contributed by atoms with Crippen LogP contribution in [0, 0.1) is 14.9 Å². The van der Waals surface area contributed by atoms with E-state index in [1.165, 1.54) is 0 Å². The maximum Gasteiger partial charge on any atom is 0.334 e. The molecule has 0 aliphatic heterocycles. The topological polar surface area (TPSA) is 70.3 Å². The van der Waals surface area contributed by atoms with Crippen molar-refractivity contribution in [1.82, 2.24) is 0 Å². The largest absolute Gasteiger partial charge is 0.488 e. The van der Waals surface area contributed by atoms with Crippen LogP contribution in [0.4, 0.5) is 0 Å². The Morgan fingerprint density at radius 3 is 2.81 bits per heavy atom. The average molecular weight is 329 g/mol. The van der Waals surface area contributed by atoms with Crippen molar-refractivity contribution >= 4 is 28.6 Å². The number of ether oxygens (including phenoxy) is 1. The number of carboxylic acids is 1. The molecular weight excluding hydrogens is 321 g/mol. The van der Waals surface area contributed by atoms with E-state index < -0.39 is 5.97 Å². The van der Waals surface area contributed by atoms with Crippen LogP contribution >= 0.6 is 22.6 Å². The fraction of sp³-hybridized carbons (Fsp3) is 0.0909. The molecule has 16 heavy (non-hydrogen) atoms. The number of nitrogens with zero attached hydrogens (tertiary/aromatic N) is 1. The highest BCUT2D eigenvalue weighted by atomic mass is 127. The third kappa shape index (κ3) is 3.24. The zero-order valence-electron chi connectivity index (χ0n) is 8.24. The minimum absolute atomic E-state index is 0.0137. The average Bonchev–Trinajstić information content (AvgIpc) is 2.26. The first-order chi connectivity index (χ1) is 7.54. The molecule has 0 saturated heterocycles. The Morgan fingerprint density at radius 2 is 2.31 bits per heavy atom. The molecule has 0 aliphatic rings. The third-order valence-corrected chi connectivity index (χ3v) is 2.61. The quantitative estimate of drug-likeness (QED) is 0.679. The molecule has 1 N–H and O–H groups in total. The van der Waals surface area contributed by atoms with Gasteiger partial charge < -0.3 is 9.84 Å². The van der Waals surface area contributed by atoms with Gasteiger partial charge in [0.05, 0.1) is 20.8 Å². The molecule has 4 nitrogen and oxygen atoms in total. The summed E-state index contributed by atoms with van der Waals surface area (Å²) in [7, 11) is 0. The Kier molecular flexibility index (Phi) is 4.31. The van der Waals surface area contributed by atoms with Crippen molar-refractivity contribution < 1.29 is 14.6 Å². The normalized spacial score (nSPS) is 9.25. The van der Waals surface area contributed by atoms with Crippen LogP contribution in [-0.2, 0) is 4.79 Å². The van der Waals surface area contributed by atoms with Crippen molar-refractivity contribution in [3.63, 3.8) is 0 Å². The summed E-state index contributed by atoms with van der Waals surface area (Å²) in [6, 6.07) is 6.92. The van der Waals surface area contributed by atoms with Crippen LogP contribution in [0.25, 0.3) is 0 Å². The Labute approximate surface area is 106 Å². The van der Waals surface area contributed by atoms with Crippen molar-refractivity contribution in [2.75, 3.05) is 6.61 Å². The molecule has 0 heterocycles. The van der Waals surface area contributed by atoms with E-state index in [1.807, 2.05) is 28.7 Å². The predicted molar refractivity (Wildman–Crippen MR) is 66.1 cm³/mol. The summed E-state index contributed by atoms with van der Waals surface area (Å²) < 4.78 is 6.02. The number of nitriles is 1. The van der Waals surface area contributed by atoms with Crippen LogP contribution in [0.15, 0.2) is 30.4 Å². The summed E-state index contributed by atoms with van der Waals surface area (Å²) in [6.45, 7) is 3.28. The predicted octanol–water partition coefficient (Wildman–Crippen LogP) is 2.18. The van der Waals surface area contributed by atoms with Crippen LogP contribution in [0.2, 0.25) is 0 Å². The molecule has 0 unspecified atom stereocenters. The van der Waals surface area contributed by atoms with Gasteiger partial charge in [-0.1, -0.05) is 6.58 Å². The van der Waals surface area contributed by atoms with E-state index in [1.54, 1.807) is 18.2 Å². The molecule has 1 aromatic carbocycles. The molecule has 5 heteroatoms. The summed E-state index contributed by atoms with van der Waals surface area (Å²) >= 11 is 2.02. The molecule has 0 atom stereocenters. The van der Waals surface area contributed by atoms with Crippen molar-refractivity contribution in [3.05, 3.63) is 39.5 Å². The van der Waals surface area contributed by atoms with Crippen molar-refractivity contribution in [3.8, 4) is 11.8 Å². The van der Waals surface area contributed by atoms with E-state index in [4.69, 9.17) is 15.1 Å². The lowest BCUT2D eigenvalue weighted by molar-refractivity contribution is -0.133. The fourth-order valence-corrected chi connectivity index (χ4v) is 1.59. The van der Waals surface area contributed by atoms with Gasteiger partial charge in [0.15, 0.2) is 0 Å². The lowest BCUT2D eigenvalue weighted by Gasteiger charge is -2.07. The first-order valence-electron chi connectivity index (χ1n) is 4.28. The molecule has 0 aliphatic carbocycles. The van der Waals surface area contributed by atoms with Gasteiger partial charge in [0, 0.05) is 0 Å². The maximum absolute atomic E-state index is 10.5. The third-order valence-electron chi connectivity index (χ3n) is 1.77. The van der Waals surface area contributed by atoms with Gasteiger partial charge in [-0.25, -0.2) is 4.79 Å². The Balaban J connectivity index is 2.73. The highest BCUT2D eigenvalue weighted by Crippen LogP contribution is 2.22. The number of benzene rings is 1. The van der Waals surface area contributed by atoms with Crippen LogP contribution in [0.3, 0.4) is 0 Å². The Morgan fingerprint density at radius 1 is 1.62 bits per heavy atom. The number of aliphatic carboxylic acids is 1. The summed E-state index contributed by atoms with van der Waals surface area (Å²) in [5.74, 6) is -0.536. The van der Waals surface area contributed by atoms with Gasteiger partial charge in [-0.05, 0) is 40.8 Å². The highest BCUT2D eigenvalue weighted by molar-refractivity contribution is 14.1. The summed E-state index contributed by atoms with van der Waals surface area (Å²) in [5.41, 5.74) is 0.522. The van der Waals surface area contributed by atoms with Gasteiger partial charge in [-0.3, -0.25) is 0 Å². The fourth-order valence-electron chi connectivity index (χ4n) is 0.914. The van der Waals surface area contributed by atoms with Gasteiger partial charge >= 0.3 is 5.97 Å². The molecule has 0 fully saturated rings. The van der Waals surface area contributed by atoms with E-state index in [0.717, 1.165) is 3.57 Å². The monoisotopic (exact) mass is 329 g/mol. The van der Waals surface area contributed by atoms with Gasteiger partial charge in [-0.2, -0.15) is 5.26 Å². The van der Waals surface area contributed by atoms with Crippen LogP contribution < -0.4 is 4.74 Å². The van der Waals surface area contributed by atoms with E-state index in [0.29, 0.717) is 11.3 Å².